The van der Waals surface area contributed by atoms with E-state index in [1.54, 1.807) is 24.3 Å². The number of carbonyl (C=O) groups is 3. The van der Waals surface area contributed by atoms with Crippen LogP contribution in [0.3, 0.4) is 0 Å². The maximum Gasteiger partial charge on any atom is 0.307 e. The number of hydrogen-bond donors (Lipinski definition) is 2. The molecule has 2 aromatic carbocycles. The average molecular weight is 497 g/mol. The number of carbonyl (C=O) groups excluding carboxylic acids is 2. The van der Waals surface area contributed by atoms with Crippen molar-refractivity contribution >= 4 is 45.2 Å². The Bertz CT molecular complexity index is 966. The molecule has 0 heterocycles. The van der Waals surface area contributed by atoms with E-state index in [0.29, 0.717) is 18.4 Å². The van der Waals surface area contributed by atoms with E-state index in [1.165, 1.54) is 18.2 Å². The van der Waals surface area contributed by atoms with Crippen molar-refractivity contribution in [1.29, 1.82) is 0 Å². The van der Waals surface area contributed by atoms with Crippen molar-refractivity contribution in [3.63, 3.8) is 0 Å². The number of amides is 1. The van der Waals surface area contributed by atoms with Gasteiger partial charge in [-0.2, -0.15) is 0 Å². The van der Waals surface area contributed by atoms with Crippen molar-refractivity contribution in [1.82, 2.24) is 5.32 Å². The number of halogens is 3. The smallest absolute Gasteiger partial charge is 0.307 e. The molecular formula is C22H20BrClFNO4. The van der Waals surface area contributed by atoms with Gasteiger partial charge in [0.25, 0.3) is 5.91 Å². The molecule has 2 N–H and O–H groups in total. The Hall–Kier alpha value is -2.25. The SMILES string of the molecule is O=C(NC(C(=O)[C@@H]1CCCC[C@H]1C(=O)O)c1ccc(Br)cc1)c1cccc(Cl)c1F. The van der Waals surface area contributed by atoms with Crippen LogP contribution in [-0.2, 0) is 9.59 Å². The first kappa shape index (κ1) is 22.4. The molecule has 0 bridgehead atoms. The minimum Gasteiger partial charge on any atom is -0.481 e. The van der Waals surface area contributed by atoms with Crippen molar-refractivity contribution in [3.8, 4) is 0 Å². The molecule has 0 aromatic heterocycles. The van der Waals surface area contributed by atoms with Gasteiger partial charge in [0.1, 0.15) is 6.04 Å². The standard InChI is InChI=1S/C22H20BrClFNO4/c23-13-10-8-12(9-11-13)19(20(27)14-4-1-2-5-15(14)22(29)30)26-21(28)16-6-3-7-17(24)18(16)25/h3,6-11,14-15,19H,1-2,4-5H2,(H,26,28)(H,29,30)/t14-,15-,19?/m1/s1. The van der Waals surface area contributed by atoms with Crippen LogP contribution in [-0.4, -0.2) is 22.8 Å². The molecule has 1 aliphatic carbocycles. The highest BCUT2D eigenvalue weighted by molar-refractivity contribution is 9.10. The van der Waals surface area contributed by atoms with E-state index in [-0.39, 0.29) is 16.4 Å². The van der Waals surface area contributed by atoms with E-state index in [1.807, 2.05) is 0 Å². The fourth-order valence-electron chi connectivity index (χ4n) is 3.84. The predicted molar refractivity (Wildman–Crippen MR) is 114 cm³/mol. The van der Waals surface area contributed by atoms with Gasteiger partial charge in [-0.1, -0.05) is 58.6 Å². The molecule has 3 rings (SSSR count). The minimum atomic E-state index is -1.10. The first-order valence-corrected chi connectivity index (χ1v) is 10.7. The Morgan fingerprint density at radius 2 is 1.70 bits per heavy atom. The molecule has 30 heavy (non-hydrogen) atoms. The van der Waals surface area contributed by atoms with Crippen molar-refractivity contribution < 1.29 is 23.9 Å². The van der Waals surface area contributed by atoms with E-state index in [4.69, 9.17) is 11.6 Å². The topological polar surface area (TPSA) is 83.5 Å². The summed E-state index contributed by atoms with van der Waals surface area (Å²) in [4.78, 5) is 37.9. The number of rotatable bonds is 6. The monoisotopic (exact) mass is 495 g/mol. The fourth-order valence-corrected chi connectivity index (χ4v) is 4.28. The van der Waals surface area contributed by atoms with Crippen LogP contribution in [0.15, 0.2) is 46.9 Å². The molecule has 1 saturated carbocycles. The Morgan fingerprint density at radius 1 is 1.07 bits per heavy atom. The molecule has 1 amide bonds. The summed E-state index contributed by atoms with van der Waals surface area (Å²) in [5.74, 6) is -4.60. The second-order valence-electron chi connectivity index (χ2n) is 7.30. The number of carboxylic acids is 1. The minimum absolute atomic E-state index is 0.201. The van der Waals surface area contributed by atoms with Gasteiger partial charge in [-0.05, 0) is 42.7 Å². The molecule has 2 aromatic rings. The molecule has 1 unspecified atom stereocenters. The number of ketones is 1. The largest absolute Gasteiger partial charge is 0.481 e. The van der Waals surface area contributed by atoms with Crippen LogP contribution in [0.5, 0.6) is 0 Å². The molecule has 158 valence electrons. The molecule has 5 nitrogen and oxygen atoms in total. The highest BCUT2D eigenvalue weighted by Gasteiger charge is 2.39. The maximum absolute atomic E-state index is 14.3. The van der Waals surface area contributed by atoms with Crippen LogP contribution in [0.25, 0.3) is 0 Å². The van der Waals surface area contributed by atoms with Gasteiger partial charge < -0.3 is 10.4 Å². The molecule has 8 heteroatoms. The summed E-state index contributed by atoms with van der Waals surface area (Å²) >= 11 is 9.10. The summed E-state index contributed by atoms with van der Waals surface area (Å²) in [5.41, 5.74) is 0.213. The summed E-state index contributed by atoms with van der Waals surface area (Å²) in [7, 11) is 0. The number of hydrogen-bond acceptors (Lipinski definition) is 3. The maximum atomic E-state index is 14.3. The van der Waals surface area contributed by atoms with E-state index in [0.717, 1.165) is 17.3 Å². The van der Waals surface area contributed by atoms with Gasteiger partial charge in [0, 0.05) is 10.4 Å². The lowest BCUT2D eigenvalue weighted by atomic mass is 9.74. The zero-order valence-corrected chi connectivity index (χ0v) is 18.2. The number of aliphatic carboxylic acids is 1. The Morgan fingerprint density at radius 3 is 2.33 bits per heavy atom. The van der Waals surface area contributed by atoms with E-state index >= 15 is 0 Å². The van der Waals surface area contributed by atoms with Gasteiger partial charge >= 0.3 is 5.97 Å². The van der Waals surface area contributed by atoms with E-state index in [2.05, 4.69) is 21.2 Å². The first-order valence-electron chi connectivity index (χ1n) is 9.56. The van der Waals surface area contributed by atoms with Gasteiger partial charge in [0.2, 0.25) is 0 Å². The summed E-state index contributed by atoms with van der Waals surface area (Å²) in [5, 5.41) is 12.0. The first-order chi connectivity index (χ1) is 14.3. The molecule has 0 radical (unpaired) electrons. The normalized spacial score (nSPS) is 19.7. The molecule has 0 aliphatic heterocycles. The Labute approximate surface area is 186 Å². The lowest BCUT2D eigenvalue weighted by molar-refractivity contribution is -0.148. The molecule has 0 spiro atoms. The zero-order valence-electron chi connectivity index (χ0n) is 15.9. The van der Waals surface area contributed by atoms with Gasteiger partial charge in [0.05, 0.1) is 16.5 Å². The molecule has 1 aliphatic rings. The molecular weight excluding hydrogens is 477 g/mol. The summed E-state index contributed by atoms with van der Waals surface area (Å²) in [6.45, 7) is 0. The number of nitrogens with one attached hydrogen (secondary N) is 1. The van der Waals surface area contributed by atoms with E-state index in [9.17, 15) is 23.9 Å². The van der Waals surface area contributed by atoms with Crippen LogP contribution in [0.2, 0.25) is 5.02 Å². The van der Waals surface area contributed by atoms with Crippen molar-refractivity contribution in [2.75, 3.05) is 0 Å². The third-order valence-electron chi connectivity index (χ3n) is 5.41. The number of Topliss-reactive ketones (excluding diaryl/α,β-unsaturated/α-hetero) is 1. The molecule has 0 saturated heterocycles. The van der Waals surface area contributed by atoms with Gasteiger partial charge in [0.15, 0.2) is 11.6 Å². The van der Waals surface area contributed by atoms with Gasteiger partial charge in [-0.25, -0.2) is 4.39 Å². The summed E-state index contributed by atoms with van der Waals surface area (Å²) in [6.07, 6.45) is 2.33. The average Bonchev–Trinajstić information content (AvgIpc) is 2.74. The summed E-state index contributed by atoms with van der Waals surface area (Å²) in [6, 6.07) is 9.71. The highest BCUT2D eigenvalue weighted by atomic mass is 79.9. The van der Waals surface area contributed by atoms with Crippen LogP contribution < -0.4 is 5.32 Å². The van der Waals surface area contributed by atoms with Gasteiger partial charge in [-0.15, -0.1) is 0 Å². The van der Waals surface area contributed by atoms with Crippen LogP contribution in [0, 0.1) is 17.7 Å². The van der Waals surface area contributed by atoms with Crippen LogP contribution in [0.4, 0.5) is 4.39 Å². The molecule has 1 fully saturated rings. The van der Waals surface area contributed by atoms with Crippen molar-refractivity contribution in [2.24, 2.45) is 11.8 Å². The van der Waals surface area contributed by atoms with Gasteiger partial charge in [-0.3, -0.25) is 14.4 Å². The second-order valence-corrected chi connectivity index (χ2v) is 8.62. The van der Waals surface area contributed by atoms with Crippen molar-refractivity contribution in [2.45, 2.75) is 31.7 Å². The third-order valence-corrected chi connectivity index (χ3v) is 6.23. The van der Waals surface area contributed by atoms with Crippen LogP contribution in [0.1, 0.15) is 47.6 Å². The van der Waals surface area contributed by atoms with Crippen molar-refractivity contribution in [3.05, 3.63) is 68.9 Å². The summed E-state index contributed by atoms with van der Waals surface area (Å²) < 4.78 is 15.1. The lowest BCUT2D eigenvalue weighted by Crippen LogP contribution is -2.42. The third kappa shape index (κ3) is 4.90. The number of benzene rings is 2. The lowest BCUT2D eigenvalue weighted by Gasteiger charge is -2.31. The second kappa shape index (κ2) is 9.71. The Kier molecular flexibility index (Phi) is 7.26. The molecule has 3 atom stereocenters. The number of carboxylic acid groups (broad SMARTS) is 1. The predicted octanol–water partition coefficient (Wildman–Crippen LogP) is 5.17. The Balaban J connectivity index is 1.95. The van der Waals surface area contributed by atoms with E-state index < -0.39 is 35.6 Å². The quantitative estimate of drug-likeness (QED) is 0.578. The zero-order chi connectivity index (χ0) is 21.8. The fraction of sp³-hybridized carbons (Fsp3) is 0.318. The highest BCUT2D eigenvalue weighted by Crippen LogP contribution is 2.35. The van der Waals surface area contributed by atoms with Crippen LogP contribution >= 0.6 is 27.5 Å².